The predicted octanol–water partition coefficient (Wildman–Crippen LogP) is 1.52. The average Bonchev–Trinajstić information content (AvgIpc) is 2.53. The van der Waals surface area contributed by atoms with E-state index in [9.17, 15) is 0 Å². The molecule has 2 N–H and O–H groups in total. The summed E-state index contributed by atoms with van der Waals surface area (Å²) >= 11 is 0. The molecule has 2 rings (SSSR count). The van der Waals surface area contributed by atoms with Crippen molar-refractivity contribution in [1.82, 2.24) is 4.90 Å². The van der Waals surface area contributed by atoms with Crippen molar-refractivity contribution in [3.05, 3.63) is 11.6 Å². The lowest BCUT2D eigenvalue weighted by Crippen LogP contribution is -2.28. The van der Waals surface area contributed by atoms with Crippen molar-refractivity contribution in [1.29, 1.82) is 0 Å². The third-order valence-corrected chi connectivity index (χ3v) is 3.12. The minimum atomic E-state index is 0.434. The van der Waals surface area contributed by atoms with Crippen LogP contribution in [0, 0.1) is 0 Å². The van der Waals surface area contributed by atoms with E-state index in [1.807, 2.05) is 0 Å². The third-order valence-electron chi connectivity index (χ3n) is 3.12. The summed E-state index contributed by atoms with van der Waals surface area (Å²) in [5.74, 6) is 0. The van der Waals surface area contributed by atoms with Gasteiger partial charge >= 0.3 is 0 Å². The van der Waals surface area contributed by atoms with Crippen LogP contribution >= 0.6 is 0 Å². The van der Waals surface area contributed by atoms with Crippen LogP contribution in [0.3, 0.4) is 0 Å². The Hall–Kier alpha value is -0.340. The fourth-order valence-electron chi connectivity index (χ4n) is 2.34. The second kappa shape index (κ2) is 4.25. The van der Waals surface area contributed by atoms with Gasteiger partial charge in [-0.15, -0.1) is 0 Å². The normalized spacial score (nSPS) is 30.5. The molecule has 1 aliphatic heterocycles. The molecule has 1 aliphatic carbocycles. The lowest BCUT2D eigenvalue weighted by atomic mass is 9.99. The number of nitrogens with two attached hydrogens (primary N) is 1. The Morgan fingerprint density at radius 2 is 2.38 bits per heavy atom. The Balaban J connectivity index is 1.80. The van der Waals surface area contributed by atoms with Crippen LogP contribution in [0.2, 0.25) is 0 Å². The molecule has 1 saturated heterocycles. The summed E-state index contributed by atoms with van der Waals surface area (Å²) in [6, 6.07) is 0.434. The zero-order valence-electron chi connectivity index (χ0n) is 8.34. The SMILES string of the molecule is N[C@H]1CCN(CC2=CCCCC2)C1. The van der Waals surface area contributed by atoms with Gasteiger partial charge in [0.2, 0.25) is 0 Å². The molecule has 1 fully saturated rings. The summed E-state index contributed by atoms with van der Waals surface area (Å²) in [6.45, 7) is 3.50. The molecule has 0 aromatic rings. The van der Waals surface area contributed by atoms with Crippen molar-refractivity contribution >= 4 is 0 Å². The van der Waals surface area contributed by atoms with Gasteiger partial charge < -0.3 is 5.73 Å². The highest BCUT2D eigenvalue weighted by Crippen LogP contribution is 2.19. The number of rotatable bonds is 2. The molecule has 0 bridgehead atoms. The molecule has 1 atom stereocenters. The van der Waals surface area contributed by atoms with Crippen LogP contribution < -0.4 is 5.73 Å². The van der Waals surface area contributed by atoms with Crippen LogP contribution in [-0.4, -0.2) is 30.6 Å². The molecule has 1 heterocycles. The molecule has 2 heteroatoms. The molecule has 74 valence electrons. The molecule has 0 aromatic carbocycles. The number of hydrogen-bond donors (Lipinski definition) is 1. The molecule has 13 heavy (non-hydrogen) atoms. The maximum atomic E-state index is 5.87. The molecule has 2 aliphatic rings. The van der Waals surface area contributed by atoms with Gasteiger partial charge in [0.15, 0.2) is 0 Å². The molecule has 0 aromatic heterocycles. The Kier molecular flexibility index (Phi) is 3.01. The predicted molar refractivity (Wildman–Crippen MR) is 55.6 cm³/mol. The fourth-order valence-corrected chi connectivity index (χ4v) is 2.34. The first-order valence-electron chi connectivity index (χ1n) is 5.50. The van der Waals surface area contributed by atoms with Gasteiger partial charge in [-0.2, -0.15) is 0 Å². The molecule has 2 nitrogen and oxygen atoms in total. The highest BCUT2D eigenvalue weighted by molar-refractivity contribution is 5.07. The Morgan fingerprint density at radius 3 is 3.00 bits per heavy atom. The molecule has 0 spiro atoms. The second-order valence-electron chi connectivity index (χ2n) is 4.39. The van der Waals surface area contributed by atoms with Gasteiger partial charge in [-0.1, -0.05) is 11.6 Å². The van der Waals surface area contributed by atoms with Crippen LogP contribution in [0.1, 0.15) is 32.1 Å². The summed E-state index contributed by atoms with van der Waals surface area (Å²) in [4.78, 5) is 2.50. The smallest absolute Gasteiger partial charge is 0.0193 e. The van der Waals surface area contributed by atoms with E-state index in [4.69, 9.17) is 5.73 Å². The molecule has 0 unspecified atom stereocenters. The fraction of sp³-hybridized carbons (Fsp3) is 0.818. The summed E-state index contributed by atoms with van der Waals surface area (Å²) in [5.41, 5.74) is 7.52. The first-order valence-corrected chi connectivity index (χ1v) is 5.50. The minimum absolute atomic E-state index is 0.434. The van der Waals surface area contributed by atoms with E-state index in [-0.39, 0.29) is 0 Å². The van der Waals surface area contributed by atoms with Gasteiger partial charge in [0.05, 0.1) is 0 Å². The van der Waals surface area contributed by atoms with Crippen molar-refractivity contribution in [3.63, 3.8) is 0 Å². The lowest BCUT2D eigenvalue weighted by Gasteiger charge is -2.19. The minimum Gasteiger partial charge on any atom is -0.326 e. The van der Waals surface area contributed by atoms with Crippen molar-refractivity contribution in [2.24, 2.45) is 5.73 Å². The van der Waals surface area contributed by atoms with Crippen molar-refractivity contribution < 1.29 is 0 Å². The van der Waals surface area contributed by atoms with Gasteiger partial charge in [0, 0.05) is 25.7 Å². The second-order valence-corrected chi connectivity index (χ2v) is 4.39. The average molecular weight is 180 g/mol. The summed E-state index contributed by atoms with van der Waals surface area (Å²) in [6.07, 6.45) is 9.04. The molecule has 0 radical (unpaired) electrons. The first-order chi connectivity index (χ1) is 6.34. The summed E-state index contributed by atoms with van der Waals surface area (Å²) in [5, 5.41) is 0. The Morgan fingerprint density at radius 1 is 1.46 bits per heavy atom. The highest BCUT2D eigenvalue weighted by atomic mass is 15.2. The van der Waals surface area contributed by atoms with Crippen LogP contribution in [0.5, 0.6) is 0 Å². The molecular weight excluding hydrogens is 160 g/mol. The third kappa shape index (κ3) is 2.55. The van der Waals surface area contributed by atoms with E-state index in [0.29, 0.717) is 6.04 Å². The van der Waals surface area contributed by atoms with Gasteiger partial charge in [-0.25, -0.2) is 0 Å². The monoisotopic (exact) mass is 180 g/mol. The number of nitrogens with zero attached hydrogens (tertiary/aromatic N) is 1. The van der Waals surface area contributed by atoms with E-state index in [2.05, 4.69) is 11.0 Å². The van der Waals surface area contributed by atoms with Crippen molar-refractivity contribution in [2.45, 2.75) is 38.1 Å². The zero-order chi connectivity index (χ0) is 9.10. The zero-order valence-corrected chi connectivity index (χ0v) is 8.34. The molecule has 0 amide bonds. The van der Waals surface area contributed by atoms with E-state index in [1.54, 1.807) is 5.57 Å². The highest BCUT2D eigenvalue weighted by Gasteiger charge is 2.19. The van der Waals surface area contributed by atoms with Crippen molar-refractivity contribution in [2.75, 3.05) is 19.6 Å². The van der Waals surface area contributed by atoms with Gasteiger partial charge in [-0.05, 0) is 32.1 Å². The van der Waals surface area contributed by atoms with Crippen LogP contribution in [0.15, 0.2) is 11.6 Å². The maximum Gasteiger partial charge on any atom is 0.0193 e. The molecule has 0 saturated carbocycles. The standard InChI is InChI=1S/C11H20N2/c12-11-6-7-13(9-11)8-10-4-2-1-3-5-10/h4,11H,1-3,5-9,12H2/t11-/m0/s1. The van der Waals surface area contributed by atoms with E-state index in [1.165, 1.54) is 45.2 Å². The largest absolute Gasteiger partial charge is 0.326 e. The van der Waals surface area contributed by atoms with Gasteiger partial charge in [-0.3, -0.25) is 4.90 Å². The van der Waals surface area contributed by atoms with Crippen LogP contribution in [0.25, 0.3) is 0 Å². The maximum absolute atomic E-state index is 5.87. The molecular formula is C11H20N2. The van der Waals surface area contributed by atoms with Gasteiger partial charge in [0.25, 0.3) is 0 Å². The topological polar surface area (TPSA) is 29.3 Å². The Bertz CT molecular complexity index is 198. The van der Waals surface area contributed by atoms with Crippen LogP contribution in [0.4, 0.5) is 0 Å². The quantitative estimate of drug-likeness (QED) is 0.653. The number of hydrogen-bond acceptors (Lipinski definition) is 2. The van der Waals surface area contributed by atoms with Crippen molar-refractivity contribution in [3.8, 4) is 0 Å². The van der Waals surface area contributed by atoms with E-state index in [0.717, 1.165) is 6.54 Å². The van der Waals surface area contributed by atoms with Crippen LogP contribution in [-0.2, 0) is 0 Å². The first kappa shape index (κ1) is 9.22. The van der Waals surface area contributed by atoms with E-state index < -0.39 is 0 Å². The van der Waals surface area contributed by atoms with Gasteiger partial charge in [0.1, 0.15) is 0 Å². The Labute approximate surface area is 80.8 Å². The number of allylic oxidation sites excluding steroid dienone is 1. The lowest BCUT2D eigenvalue weighted by molar-refractivity contribution is 0.356. The number of likely N-dealkylation sites (tertiary alicyclic amines) is 1. The van der Waals surface area contributed by atoms with E-state index >= 15 is 0 Å². The summed E-state index contributed by atoms with van der Waals surface area (Å²) < 4.78 is 0. The summed E-state index contributed by atoms with van der Waals surface area (Å²) in [7, 11) is 0.